The van der Waals surface area contributed by atoms with Crippen LogP contribution in [0.15, 0.2) is 11.6 Å². The van der Waals surface area contributed by atoms with Crippen LogP contribution in [0, 0.1) is 0 Å². The lowest BCUT2D eigenvalue weighted by Crippen LogP contribution is -2.31. The van der Waals surface area contributed by atoms with E-state index in [1.54, 1.807) is 24.8 Å². The third kappa shape index (κ3) is 5.29. The van der Waals surface area contributed by atoms with Crippen molar-refractivity contribution in [1.29, 1.82) is 0 Å². The summed E-state index contributed by atoms with van der Waals surface area (Å²) in [6.07, 6.45) is 3.82. The molecule has 0 radical (unpaired) electrons. The van der Waals surface area contributed by atoms with Gasteiger partial charge in [-0.05, 0) is 27.2 Å². The number of hydrogen-bond acceptors (Lipinski definition) is 3. The van der Waals surface area contributed by atoms with E-state index in [1.807, 2.05) is 7.05 Å². The monoisotopic (exact) mass is 217 g/mol. The second kappa shape index (κ2) is 6.90. The van der Waals surface area contributed by atoms with Crippen molar-refractivity contribution in [1.82, 2.24) is 4.90 Å². The lowest BCUT2D eigenvalue weighted by atomic mass is 10.2. The summed E-state index contributed by atoms with van der Waals surface area (Å²) in [6, 6.07) is 0.475. The summed E-state index contributed by atoms with van der Waals surface area (Å²) in [7, 11) is 2.01. The number of rotatable bonds is 6. The average molecular weight is 217 g/mol. The Hall–Kier alpha value is -0.480. The molecular weight excluding hydrogens is 198 g/mol. The Morgan fingerprint density at radius 3 is 2.64 bits per heavy atom. The highest BCUT2D eigenvalue weighted by Crippen LogP contribution is 2.04. The highest BCUT2D eigenvalue weighted by atomic mass is 32.2. The molecule has 0 aromatic rings. The molecule has 0 aliphatic heterocycles. The van der Waals surface area contributed by atoms with E-state index in [9.17, 15) is 4.79 Å². The average Bonchev–Trinajstić information content (AvgIpc) is 2.13. The van der Waals surface area contributed by atoms with E-state index in [4.69, 9.17) is 5.11 Å². The molecule has 14 heavy (non-hydrogen) atoms. The number of thioether (sulfide) groups is 1. The molecule has 0 fully saturated rings. The van der Waals surface area contributed by atoms with Crippen LogP contribution < -0.4 is 0 Å². The molecule has 0 aromatic heterocycles. The molecule has 3 nitrogen and oxygen atoms in total. The van der Waals surface area contributed by atoms with Gasteiger partial charge in [-0.1, -0.05) is 6.08 Å². The molecule has 0 amide bonds. The molecule has 0 heterocycles. The van der Waals surface area contributed by atoms with Crippen LogP contribution in [-0.4, -0.2) is 47.6 Å². The van der Waals surface area contributed by atoms with E-state index in [2.05, 4.69) is 18.1 Å². The molecular formula is C10H19NO2S. The number of likely N-dealkylation sites (N-methyl/N-ethyl adjacent to an activating group) is 1. The molecule has 82 valence electrons. The Bertz CT molecular complexity index is 216. The van der Waals surface area contributed by atoms with Gasteiger partial charge in [0.15, 0.2) is 0 Å². The number of carboxylic acid groups (broad SMARTS) is 1. The van der Waals surface area contributed by atoms with Crippen molar-refractivity contribution in [3.8, 4) is 0 Å². The lowest BCUT2D eigenvalue weighted by molar-refractivity contribution is -0.132. The van der Waals surface area contributed by atoms with E-state index in [-0.39, 0.29) is 0 Å². The fourth-order valence-corrected chi connectivity index (χ4v) is 1.65. The van der Waals surface area contributed by atoms with Gasteiger partial charge in [0, 0.05) is 23.9 Å². The summed E-state index contributed by atoms with van der Waals surface area (Å²) in [4.78, 5) is 12.7. The minimum Gasteiger partial charge on any atom is -0.478 e. The van der Waals surface area contributed by atoms with Crippen LogP contribution in [0.4, 0.5) is 0 Å². The normalized spacial score (nSPS) is 14.5. The van der Waals surface area contributed by atoms with Crippen LogP contribution in [0.3, 0.4) is 0 Å². The zero-order valence-electron chi connectivity index (χ0n) is 9.28. The molecule has 0 rings (SSSR count). The highest BCUT2D eigenvalue weighted by Gasteiger charge is 2.07. The summed E-state index contributed by atoms with van der Waals surface area (Å²) in [5.41, 5.74) is 0.410. The van der Waals surface area contributed by atoms with E-state index >= 15 is 0 Å². The van der Waals surface area contributed by atoms with Gasteiger partial charge in [0.1, 0.15) is 0 Å². The molecule has 0 spiro atoms. The van der Waals surface area contributed by atoms with Crippen LogP contribution >= 0.6 is 11.8 Å². The number of carbonyl (C=O) groups is 1. The zero-order valence-corrected chi connectivity index (χ0v) is 10.1. The first-order chi connectivity index (χ1) is 6.49. The lowest BCUT2D eigenvalue weighted by Gasteiger charge is -2.22. The van der Waals surface area contributed by atoms with Gasteiger partial charge in [-0.3, -0.25) is 4.90 Å². The topological polar surface area (TPSA) is 40.5 Å². The van der Waals surface area contributed by atoms with Crippen LogP contribution in [0.25, 0.3) is 0 Å². The predicted molar refractivity (Wildman–Crippen MR) is 61.9 cm³/mol. The Balaban J connectivity index is 4.00. The Morgan fingerprint density at radius 2 is 2.21 bits per heavy atom. The molecule has 1 atom stereocenters. The zero-order chi connectivity index (χ0) is 11.1. The minimum atomic E-state index is -0.837. The largest absolute Gasteiger partial charge is 0.478 e. The molecule has 0 aliphatic carbocycles. The van der Waals surface area contributed by atoms with E-state index in [0.717, 1.165) is 5.75 Å². The van der Waals surface area contributed by atoms with E-state index in [0.29, 0.717) is 18.2 Å². The summed E-state index contributed by atoms with van der Waals surface area (Å²) < 4.78 is 0. The minimum absolute atomic E-state index is 0.410. The summed E-state index contributed by atoms with van der Waals surface area (Å²) in [5, 5.41) is 8.65. The van der Waals surface area contributed by atoms with Crippen LogP contribution in [-0.2, 0) is 4.79 Å². The highest BCUT2D eigenvalue weighted by molar-refractivity contribution is 7.98. The van der Waals surface area contributed by atoms with Crippen molar-refractivity contribution in [3.63, 3.8) is 0 Å². The number of carboxylic acids is 1. The van der Waals surface area contributed by atoms with Crippen molar-refractivity contribution in [3.05, 3.63) is 11.6 Å². The molecule has 1 unspecified atom stereocenters. The first-order valence-electron chi connectivity index (χ1n) is 4.58. The van der Waals surface area contributed by atoms with Gasteiger partial charge in [0.2, 0.25) is 0 Å². The van der Waals surface area contributed by atoms with E-state index < -0.39 is 5.97 Å². The third-order valence-corrected chi connectivity index (χ3v) is 3.00. The summed E-state index contributed by atoms with van der Waals surface area (Å²) >= 11 is 1.80. The molecule has 0 saturated heterocycles. The quantitative estimate of drug-likeness (QED) is 0.688. The van der Waals surface area contributed by atoms with Gasteiger partial charge in [-0.2, -0.15) is 11.8 Å². The first-order valence-corrected chi connectivity index (χ1v) is 5.97. The second-order valence-corrected chi connectivity index (χ2v) is 4.35. The first kappa shape index (κ1) is 13.5. The molecule has 0 aliphatic rings. The van der Waals surface area contributed by atoms with E-state index in [1.165, 1.54) is 0 Å². The van der Waals surface area contributed by atoms with Crippen LogP contribution in [0.5, 0.6) is 0 Å². The summed E-state index contributed by atoms with van der Waals surface area (Å²) in [5.74, 6) is 0.229. The number of hydrogen-bond donors (Lipinski definition) is 1. The fraction of sp³-hybridized carbons (Fsp3) is 0.700. The Kier molecular flexibility index (Phi) is 6.66. The smallest absolute Gasteiger partial charge is 0.330 e. The second-order valence-electron chi connectivity index (χ2n) is 3.44. The van der Waals surface area contributed by atoms with Crippen molar-refractivity contribution in [2.75, 3.05) is 25.6 Å². The maximum atomic E-state index is 10.5. The maximum Gasteiger partial charge on any atom is 0.330 e. The molecule has 0 aromatic carbocycles. The van der Waals surface area contributed by atoms with Gasteiger partial charge in [0.25, 0.3) is 0 Å². The van der Waals surface area contributed by atoms with Crippen LogP contribution in [0.2, 0.25) is 0 Å². The SMILES string of the molecule is CSCC(C)N(C)C/C=C(/C)C(=O)O. The molecule has 1 N–H and O–H groups in total. The molecule has 0 bridgehead atoms. The standard InChI is InChI=1S/C10H19NO2S/c1-8(10(12)13)5-6-11(3)9(2)7-14-4/h5,9H,6-7H2,1-4H3,(H,12,13)/b8-5-. The number of aliphatic carboxylic acids is 1. The van der Waals surface area contributed by atoms with Gasteiger partial charge in [-0.25, -0.2) is 4.79 Å². The summed E-state index contributed by atoms with van der Waals surface area (Å²) in [6.45, 7) is 4.45. The van der Waals surface area contributed by atoms with Crippen molar-refractivity contribution >= 4 is 17.7 Å². The molecule has 4 heteroatoms. The third-order valence-electron chi connectivity index (χ3n) is 2.18. The fourth-order valence-electron chi connectivity index (χ4n) is 0.917. The Labute approximate surface area is 90.2 Å². The maximum absolute atomic E-state index is 10.5. The predicted octanol–water partition coefficient (Wildman–Crippen LogP) is 1.70. The van der Waals surface area contributed by atoms with Gasteiger partial charge >= 0.3 is 5.97 Å². The van der Waals surface area contributed by atoms with Gasteiger partial charge < -0.3 is 5.11 Å². The molecule has 0 saturated carbocycles. The van der Waals surface area contributed by atoms with Gasteiger partial charge in [0.05, 0.1) is 0 Å². The van der Waals surface area contributed by atoms with Crippen molar-refractivity contribution < 1.29 is 9.90 Å². The Morgan fingerprint density at radius 1 is 1.64 bits per heavy atom. The van der Waals surface area contributed by atoms with Crippen LogP contribution in [0.1, 0.15) is 13.8 Å². The van der Waals surface area contributed by atoms with Crippen molar-refractivity contribution in [2.24, 2.45) is 0 Å². The number of nitrogens with zero attached hydrogens (tertiary/aromatic N) is 1. The van der Waals surface area contributed by atoms with Crippen molar-refractivity contribution in [2.45, 2.75) is 19.9 Å². The van der Waals surface area contributed by atoms with Gasteiger partial charge in [-0.15, -0.1) is 0 Å².